The highest BCUT2D eigenvalue weighted by atomic mass is 35.7. The first kappa shape index (κ1) is 12.0. The lowest BCUT2D eigenvalue weighted by Crippen LogP contribution is -2.47. The summed E-state index contributed by atoms with van der Waals surface area (Å²) >= 11 is 0. The van der Waals surface area contributed by atoms with Crippen molar-refractivity contribution in [2.75, 3.05) is 0 Å². The van der Waals surface area contributed by atoms with E-state index in [1.165, 1.54) is 18.4 Å². The zero-order chi connectivity index (χ0) is 12.9. The van der Waals surface area contributed by atoms with Crippen molar-refractivity contribution >= 4 is 25.8 Å². The van der Waals surface area contributed by atoms with E-state index < -0.39 is 21.2 Å². The van der Waals surface area contributed by atoms with Gasteiger partial charge in [0.1, 0.15) is 0 Å². The Labute approximate surface area is 110 Å². The van der Waals surface area contributed by atoms with Crippen LogP contribution in [0.2, 0.25) is 0 Å². The van der Waals surface area contributed by atoms with Crippen molar-refractivity contribution in [3.8, 4) is 0 Å². The van der Waals surface area contributed by atoms with Crippen molar-refractivity contribution in [2.45, 2.75) is 31.2 Å². The number of carbonyl (C=O) groups is 1. The number of amides is 1. The van der Waals surface area contributed by atoms with Crippen LogP contribution in [-0.4, -0.2) is 18.6 Å². The van der Waals surface area contributed by atoms with Gasteiger partial charge in [-0.15, -0.1) is 0 Å². The average molecular weight is 286 g/mol. The second-order valence-corrected chi connectivity index (χ2v) is 7.18. The summed E-state index contributed by atoms with van der Waals surface area (Å²) in [6, 6.07) is 7.35. The van der Waals surface area contributed by atoms with E-state index in [9.17, 15) is 13.2 Å². The Hall–Kier alpha value is -1.07. The maximum atomic E-state index is 11.4. The topological polar surface area (TPSA) is 54.5 Å². The molecule has 1 aromatic carbocycles. The average Bonchev–Trinajstić information content (AvgIpc) is 3.07. The second-order valence-electron chi connectivity index (χ2n) is 4.80. The minimum absolute atomic E-state index is 0.208. The van der Waals surface area contributed by atoms with Crippen LogP contribution in [0.25, 0.3) is 0 Å². The summed E-state index contributed by atoms with van der Waals surface area (Å²) in [5.41, 5.74) is 2.07. The zero-order valence-corrected chi connectivity index (χ0v) is 11.1. The Balaban J connectivity index is 1.91. The van der Waals surface area contributed by atoms with Gasteiger partial charge in [0.25, 0.3) is 0 Å². The highest BCUT2D eigenvalue weighted by Gasteiger charge is 2.44. The molecule has 1 saturated heterocycles. The Kier molecular flexibility index (Phi) is 2.64. The lowest BCUT2D eigenvalue weighted by molar-refractivity contribution is -0.137. The number of rotatable bonds is 3. The van der Waals surface area contributed by atoms with E-state index in [4.69, 9.17) is 10.7 Å². The number of halogens is 1. The molecule has 1 amide bonds. The Bertz CT molecular complexity index is 610. The van der Waals surface area contributed by atoms with Crippen molar-refractivity contribution in [1.82, 2.24) is 4.31 Å². The monoisotopic (exact) mass is 285 g/mol. The van der Waals surface area contributed by atoms with Crippen LogP contribution in [0.15, 0.2) is 24.3 Å². The fourth-order valence-corrected chi connectivity index (χ4v) is 3.70. The quantitative estimate of drug-likeness (QED) is 0.633. The first-order valence-electron chi connectivity index (χ1n) is 5.83. The summed E-state index contributed by atoms with van der Waals surface area (Å²) < 4.78 is 23.4. The minimum Gasteiger partial charge on any atom is -0.274 e. The number of hydrogen-bond acceptors (Lipinski definition) is 3. The smallest absolute Gasteiger partial charge is 0.274 e. The normalized spacial score (nSPS) is 23.9. The molecule has 4 nitrogen and oxygen atoms in total. The van der Waals surface area contributed by atoms with E-state index in [1.807, 2.05) is 24.3 Å². The van der Waals surface area contributed by atoms with Crippen LogP contribution < -0.4 is 0 Å². The fraction of sp³-hybridized carbons (Fsp3) is 0.417. The molecule has 0 radical (unpaired) electrons. The summed E-state index contributed by atoms with van der Waals surface area (Å²) in [5, 5.41) is 0. The van der Waals surface area contributed by atoms with E-state index in [1.54, 1.807) is 0 Å². The predicted molar refractivity (Wildman–Crippen MR) is 67.4 cm³/mol. The largest absolute Gasteiger partial charge is 0.324 e. The highest BCUT2D eigenvalue weighted by molar-refractivity contribution is 8.12. The standard InChI is InChI=1S/C12H12ClNO3S/c13-18(16,17)14-11(7-12(14)15)10-3-1-2-9(6-10)8-4-5-8/h1-3,6,8,11H,4-5,7H2. The third-order valence-corrected chi connectivity index (χ3v) is 4.85. The van der Waals surface area contributed by atoms with Gasteiger partial charge in [0, 0.05) is 10.7 Å². The number of carbonyl (C=O) groups excluding carboxylic acids is 1. The minimum atomic E-state index is -3.97. The molecule has 0 spiro atoms. The summed E-state index contributed by atoms with van der Waals surface area (Å²) in [4.78, 5) is 11.4. The van der Waals surface area contributed by atoms with Gasteiger partial charge in [0.05, 0.1) is 12.5 Å². The van der Waals surface area contributed by atoms with Gasteiger partial charge in [-0.25, -0.2) is 4.31 Å². The molecular weight excluding hydrogens is 274 g/mol. The Morgan fingerprint density at radius 1 is 1.22 bits per heavy atom. The fourth-order valence-electron chi connectivity index (χ4n) is 2.36. The van der Waals surface area contributed by atoms with Crippen LogP contribution in [0.4, 0.5) is 0 Å². The summed E-state index contributed by atoms with van der Waals surface area (Å²) in [6.45, 7) is 0. The van der Waals surface area contributed by atoms with Gasteiger partial charge in [0.15, 0.2) is 0 Å². The molecule has 1 aromatic rings. The first-order chi connectivity index (χ1) is 8.47. The molecule has 2 fully saturated rings. The molecule has 1 aliphatic heterocycles. The SMILES string of the molecule is O=C1CC(c2cccc(C3CC3)c2)N1S(=O)(=O)Cl. The Morgan fingerprint density at radius 2 is 1.89 bits per heavy atom. The molecule has 1 aliphatic carbocycles. The molecule has 2 aliphatic rings. The van der Waals surface area contributed by atoms with Crippen molar-refractivity contribution in [3.63, 3.8) is 0 Å². The maximum Gasteiger partial charge on any atom is 0.324 e. The van der Waals surface area contributed by atoms with Crippen molar-refractivity contribution in [3.05, 3.63) is 35.4 Å². The molecule has 18 heavy (non-hydrogen) atoms. The lowest BCUT2D eigenvalue weighted by Gasteiger charge is -2.37. The predicted octanol–water partition coefficient (Wildman–Crippen LogP) is 2.32. The highest BCUT2D eigenvalue weighted by Crippen LogP contribution is 2.43. The summed E-state index contributed by atoms with van der Waals surface area (Å²) in [7, 11) is 1.29. The lowest BCUT2D eigenvalue weighted by atomic mass is 9.95. The van der Waals surface area contributed by atoms with Crippen LogP contribution >= 0.6 is 10.7 Å². The third-order valence-electron chi connectivity index (χ3n) is 3.48. The number of benzene rings is 1. The van der Waals surface area contributed by atoms with E-state index in [2.05, 4.69) is 0 Å². The van der Waals surface area contributed by atoms with Gasteiger partial charge in [-0.05, 0) is 29.9 Å². The third kappa shape index (κ3) is 2.01. The molecule has 1 saturated carbocycles. The summed E-state index contributed by atoms with van der Waals surface area (Å²) in [6.07, 6.45) is 2.58. The molecule has 6 heteroatoms. The van der Waals surface area contributed by atoms with Crippen LogP contribution in [0, 0.1) is 0 Å². The van der Waals surface area contributed by atoms with E-state index in [-0.39, 0.29) is 6.42 Å². The maximum absolute atomic E-state index is 11.4. The van der Waals surface area contributed by atoms with Crippen LogP contribution in [-0.2, 0) is 14.0 Å². The van der Waals surface area contributed by atoms with Crippen LogP contribution in [0.3, 0.4) is 0 Å². The number of β-lactam (4-membered cyclic amide) rings is 1. The molecule has 3 rings (SSSR count). The van der Waals surface area contributed by atoms with Gasteiger partial charge in [-0.2, -0.15) is 8.42 Å². The van der Waals surface area contributed by atoms with Crippen LogP contribution in [0.5, 0.6) is 0 Å². The molecule has 1 unspecified atom stereocenters. The zero-order valence-electron chi connectivity index (χ0n) is 9.54. The van der Waals surface area contributed by atoms with Crippen molar-refractivity contribution < 1.29 is 13.2 Å². The van der Waals surface area contributed by atoms with Gasteiger partial charge in [-0.1, -0.05) is 24.3 Å². The van der Waals surface area contributed by atoms with Crippen molar-refractivity contribution in [1.29, 1.82) is 0 Å². The molecular formula is C12H12ClNO3S. The van der Waals surface area contributed by atoms with Crippen LogP contribution in [0.1, 0.15) is 42.3 Å². The number of nitrogens with zero attached hydrogens (tertiary/aromatic N) is 1. The van der Waals surface area contributed by atoms with Gasteiger partial charge in [-0.3, -0.25) is 4.79 Å². The van der Waals surface area contributed by atoms with Gasteiger partial charge < -0.3 is 0 Å². The van der Waals surface area contributed by atoms with Crippen molar-refractivity contribution in [2.24, 2.45) is 0 Å². The molecule has 0 aromatic heterocycles. The van der Waals surface area contributed by atoms with E-state index >= 15 is 0 Å². The van der Waals surface area contributed by atoms with Gasteiger partial charge >= 0.3 is 9.24 Å². The number of hydrogen-bond donors (Lipinski definition) is 0. The first-order valence-corrected chi connectivity index (χ1v) is 8.10. The van der Waals surface area contributed by atoms with E-state index in [0.717, 1.165) is 9.87 Å². The Morgan fingerprint density at radius 3 is 2.44 bits per heavy atom. The molecule has 1 atom stereocenters. The second kappa shape index (κ2) is 3.96. The molecule has 1 heterocycles. The molecule has 0 N–H and O–H groups in total. The van der Waals surface area contributed by atoms with E-state index in [0.29, 0.717) is 5.92 Å². The molecule has 96 valence electrons. The summed E-state index contributed by atoms with van der Waals surface area (Å²) in [5.74, 6) is 0.161. The molecule has 0 bridgehead atoms. The van der Waals surface area contributed by atoms with Gasteiger partial charge in [0.2, 0.25) is 5.91 Å².